The highest BCUT2D eigenvalue weighted by molar-refractivity contribution is 7.13. The molecule has 2 aromatic rings. The van der Waals surface area contributed by atoms with Gasteiger partial charge in [-0.2, -0.15) is 0 Å². The molecule has 1 aliphatic heterocycles. The Kier molecular flexibility index (Phi) is 8.40. The van der Waals surface area contributed by atoms with Crippen LogP contribution in [-0.4, -0.2) is 66.2 Å². The van der Waals surface area contributed by atoms with E-state index in [0.29, 0.717) is 17.8 Å². The molecule has 0 unspecified atom stereocenters. The highest BCUT2D eigenvalue weighted by Crippen LogP contribution is 2.28. The summed E-state index contributed by atoms with van der Waals surface area (Å²) in [7, 11) is 3.56. The van der Waals surface area contributed by atoms with Gasteiger partial charge in [-0.1, -0.05) is 11.6 Å². The zero-order valence-corrected chi connectivity index (χ0v) is 22.0. The van der Waals surface area contributed by atoms with Crippen molar-refractivity contribution >= 4 is 52.3 Å². The van der Waals surface area contributed by atoms with Gasteiger partial charge in [-0.05, 0) is 44.5 Å². The van der Waals surface area contributed by atoms with E-state index in [-0.39, 0.29) is 34.9 Å². The van der Waals surface area contributed by atoms with Crippen molar-refractivity contribution in [3.05, 3.63) is 44.6 Å². The van der Waals surface area contributed by atoms with Crippen LogP contribution in [-0.2, 0) is 27.3 Å². The third-order valence-corrected chi connectivity index (χ3v) is 7.99. The van der Waals surface area contributed by atoms with E-state index in [1.807, 2.05) is 7.05 Å². The molecule has 1 aromatic heterocycles. The van der Waals surface area contributed by atoms with Crippen LogP contribution in [0, 0.1) is 11.7 Å². The second kappa shape index (κ2) is 11.5. The molecule has 37 heavy (non-hydrogen) atoms. The number of likely N-dealkylation sites (N-methyl/N-ethyl adjacent to an activating group) is 1. The topological polar surface area (TPSA) is 133 Å². The van der Waals surface area contributed by atoms with Crippen molar-refractivity contribution < 1.29 is 23.6 Å². The van der Waals surface area contributed by atoms with Crippen molar-refractivity contribution in [3.63, 3.8) is 0 Å². The summed E-state index contributed by atoms with van der Waals surface area (Å²) in [6, 6.07) is 2.46. The molecular formula is C24H28ClFN6O4S. The van der Waals surface area contributed by atoms with E-state index in [2.05, 4.69) is 31.2 Å². The number of carbonyl (C=O) groups is 4. The summed E-state index contributed by atoms with van der Waals surface area (Å²) < 4.78 is 13.7. The third kappa shape index (κ3) is 6.43. The molecule has 0 spiro atoms. The Morgan fingerprint density at radius 1 is 1.14 bits per heavy atom. The van der Waals surface area contributed by atoms with Gasteiger partial charge in [0.1, 0.15) is 5.82 Å². The number of fused-ring (bicyclic) bond motifs is 1. The van der Waals surface area contributed by atoms with Crippen LogP contribution in [0.1, 0.15) is 39.6 Å². The molecule has 3 atom stereocenters. The lowest BCUT2D eigenvalue weighted by Gasteiger charge is -2.36. The average molecular weight is 551 g/mol. The minimum absolute atomic E-state index is 0.0774. The number of carbonyl (C=O) groups excluding carboxylic acids is 4. The number of thiazole rings is 1. The summed E-state index contributed by atoms with van der Waals surface area (Å²) >= 11 is 6.99. The number of benzene rings is 1. The monoisotopic (exact) mass is 550 g/mol. The summed E-state index contributed by atoms with van der Waals surface area (Å²) in [4.78, 5) is 58.2. The van der Waals surface area contributed by atoms with E-state index in [9.17, 15) is 23.6 Å². The summed E-state index contributed by atoms with van der Waals surface area (Å²) in [5, 5.41) is 10.8. The molecule has 10 nitrogen and oxygen atoms in total. The lowest BCUT2D eigenvalue weighted by Crippen LogP contribution is -2.57. The Morgan fingerprint density at radius 2 is 1.92 bits per heavy atom. The molecule has 1 aromatic carbocycles. The number of amides is 4. The zero-order chi connectivity index (χ0) is 26.7. The summed E-state index contributed by atoms with van der Waals surface area (Å²) in [6.45, 7) is 1.60. The summed E-state index contributed by atoms with van der Waals surface area (Å²) in [5.41, 5.74) is 0.994. The van der Waals surface area contributed by atoms with Crippen LogP contribution >= 0.6 is 22.9 Å². The quantitative estimate of drug-likeness (QED) is 0.419. The average Bonchev–Trinajstić information content (AvgIpc) is 3.30. The summed E-state index contributed by atoms with van der Waals surface area (Å²) in [5.74, 6) is -3.55. The number of nitrogens with zero attached hydrogens (tertiary/aromatic N) is 2. The van der Waals surface area contributed by atoms with Crippen LogP contribution in [0.2, 0.25) is 5.02 Å². The predicted molar refractivity (Wildman–Crippen MR) is 137 cm³/mol. The van der Waals surface area contributed by atoms with Crippen molar-refractivity contribution in [2.24, 2.45) is 5.92 Å². The molecule has 0 bridgehead atoms. The smallest absolute Gasteiger partial charge is 0.313 e. The lowest BCUT2D eigenvalue weighted by molar-refractivity contribution is -0.137. The van der Waals surface area contributed by atoms with Crippen molar-refractivity contribution in [2.75, 3.05) is 26.0 Å². The number of anilines is 1. The minimum Gasteiger partial charge on any atom is -0.359 e. The van der Waals surface area contributed by atoms with Crippen LogP contribution in [0.4, 0.5) is 10.1 Å². The van der Waals surface area contributed by atoms with Crippen LogP contribution in [0.25, 0.3) is 0 Å². The first-order valence-corrected chi connectivity index (χ1v) is 13.1. The number of halogens is 2. The van der Waals surface area contributed by atoms with Gasteiger partial charge in [-0.25, -0.2) is 9.37 Å². The molecule has 4 rings (SSSR count). The summed E-state index contributed by atoms with van der Waals surface area (Å²) in [6.07, 6.45) is 1.90. The molecule has 2 aliphatic rings. The number of rotatable bonds is 5. The highest BCUT2D eigenvalue weighted by Gasteiger charge is 2.37. The molecule has 13 heteroatoms. The first kappa shape index (κ1) is 27.0. The fraction of sp³-hybridized carbons (Fsp3) is 0.458. The van der Waals surface area contributed by atoms with Gasteiger partial charge in [-0.15, -0.1) is 11.3 Å². The van der Waals surface area contributed by atoms with Gasteiger partial charge in [0.05, 0.1) is 16.8 Å². The second-order valence-electron chi connectivity index (χ2n) is 9.24. The maximum Gasteiger partial charge on any atom is 0.313 e. The van der Waals surface area contributed by atoms with Crippen LogP contribution < -0.4 is 21.3 Å². The number of hydrogen-bond acceptors (Lipinski definition) is 7. The van der Waals surface area contributed by atoms with Gasteiger partial charge in [0.25, 0.3) is 5.91 Å². The molecule has 4 amide bonds. The first-order chi connectivity index (χ1) is 17.6. The fourth-order valence-electron chi connectivity index (χ4n) is 4.59. The van der Waals surface area contributed by atoms with E-state index in [1.165, 1.54) is 23.5 Å². The van der Waals surface area contributed by atoms with Crippen LogP contribution in [0.15, 0.2) is 18.2 Å². The number of hydrogen-bond donors (Lipinski definition) is 4. The molecule has 1 aliphatic carbocycles. The Bertz CT molecular complexity index is 1220. The van der Waals surface area contributed by atoms with Crippen molar-refractivity contribution in [2.45, 2.75) is 44.3 Å². The molecule has 0 radical (unpaired) electrons. The van der Waals surface area contributed by atoms with Crippen molar-refractivity contribution in [1.82, 2.24) is 25.8 Å². The van der Waals surface area contributed by atoms with Crippen molar-refractivity contribution in [3.8, 4) is 0 Å². The molecular weight excluding hydrogens is 523 g/mol. The van der Waals surface area contributed by atoms with Gasteiger partial charge in [0, 0.05) is 49.1 Å². The highest BCUT2D eigenvalue weighted by atomic mass is 35.5. The Labute approximate surface area is 222 Å². The van der Waals surface area contributed by atoms with Crippen molar-refractivity contribution in [1.29, 1.82) is 0 Å². The standard InChI is InChI=1S/C24H28ClFN6O4S/c1-27-20(33)12-3-6-16(29-22(35)21(34)28-13-4-5-14(25)15(26)10-13)18(9-12)30-23(36)24-31-17-7-8-32(2)11-19(17)37-24/h4-5,10,12,16,18H,3,6-9,11H2,1-2H3,(H,27,33)(H,28,34)(H,29,35)(H,30,36)/t12-,16-,18+/m0/s1. The Balaban J connectivity index is 1.44. The number of nitrogens with one attached hydrogen (secondary N) is 4. The third-order valence-electron chi connectivity index (χ3n) is 6.60. The van der Waals surface area contributed by atoms with E-state index in [1.54, 1.807) is 7.05 Å². The Hall–Kier alpha value is -3.09. The van der Waals surface area contributed by atoms with Gasteiger partial charge in [0.15, 0.2) is 5.01 Å². The lowest BCUT2D eigenvalue weighted by atomic mass is 9.81. The largest absolute Gasteiger partial charge is 0.359 e. The normalized spacial score (nSPS) is 21.5. The fourth-order valence-corrected chi connectivity index (χ4v) is 5.80. The molecule has 1 saturated carbocycles. The van der Waals surface area contributed by atoms with E-state index >= 15 is 0 Å². The van der Waals surface area contributed by atoms with Gasteiger partial charge in [-0.3, -0.25) is 19.2 Å². The van der Waals surface area contributed by atoms with Gasteiger partial charge < -0.3 is 26.2 Å². The zero-order valence-electron chi connectivity index (χ0n) is 20.4. The first-order valence-electron chi connectivity index (χ1n) is 11.9. The maximum absolute atomic E-state index is 13.7. The SMILES string of the molecule is CNC(=O)[C@H]1CC[C@H](NC(=O)C(=O)Nc2ccc(Cl)c(F)c2)[C@H](NC(=O)c2nc3c(s2)CN(C)CC3)C1. The van der Waals surface area contributed by atoms with E-state index in [0.717, 1.165) is 36.1 Å². The van der Waals surface area contributed by atoms with E-state index < -0.39 is 29.7 Å². The van der Waals surface area contributed by atoms with E-state index in [4.69, 9.17) is 11.6 Å². The predicted octanol–water partition coefficient (Wildman–Crippen LogP) is 1.69. The van der Waals surface area contributed by atoms with Gasteiger partial charge in [0.2, 0.25) is 5.91 Å². The second-order valence-corrected chi connectivity index (χ2v) is 10.7. The molecule has 198 valence electrons. The van der Waals surface area contributed by atoms with Crippen LogP contribution in [0.3, 0.4) is 0 Å². The molecule has 1 fully saturated rings. The molecule has 2 heterocycles. The van der Waals surface area contributed by atoms with Crippen LogP contribution in [0.5, 0.6) is 0 Å². The number of aromatic nitrogens is 1. The molecule has 4 N–H and O–H groups in total. The minimum atomic E-state index is -0.989. The molecule has 0 saturated heterocycles. The van der Waals surface area contributed by atoms with Gasteiger partial charge >= 0.3 is 11.8 Å². The Morgan fingerprint density at radius 3 is 2.65 bits per heavy atom. The maximum atomic E-state index is 13.7.